The number of hydrogen-bond donors (Lipinski definition) is 2. The van der Waals surface area contributed by atoms with E-state index in [1.54, 1.807) is 6.92 Å². The van der Waals surface area contributed by atoms with Gasteiger partial charge in [0, 0.05) is 26.7 Å². The number of aliphatic hydroxyl groups excluding tert-OH is 1. The lowest BCUT2D eigenvalue weighted by Gasteiger charge is -2.43. The van der Waals surface area contributed by atoms with Gasteiger partial charge in [-0.15, -0.1) is 12.6 Å². The van der Waals surface area contributed by atoms with E-state index in [2.05, 4.69) is 17.4 Å². The van der Waals surface area contributed by atoms with Gasteiger partial charge in [-0.2, -0.15) is 8.78 Å². The molecule has 2 aliphatic rings. The minimum absolute atomic E-state index is 0.0125. The van der Waals surface area contributed by atoms with Crippen molar-refractivity contribution in [1.82, 2.24) is 9.80 Å². The average Bonchev–Trinajstić information content (AvgIpc) is 2.63. The quantitative estimate of drug-likeness (QED) is 0.735. The van der Waals surface area contributed by atoms with Gasteiger partial charge in [-0.3, -0.25) is 9.80 Å². The van der Waals surface area contributed by atoms with Crippen LogP contribution in [0.1, 0.15) is 13.3 Å². The Morgan fingerprint density at radius 2 is 1.75 bits per heavy atom. The Bertz CT molecular complexity index is 805. The van der Waals surface area contributed by atoms with Crippen molar-refractivity contribution in [2.45, 2.75) is 31.2 Å². The molecule has 1 atom stereocenters. The number of hydrogen-bond acceptors (Lipinski definition) is 6. The van der Waals surface area contributed by atoms with E-state index in [1.165, 1.54) is 14.1 Å². The number of rotatable bonds is 3. The van der Waals surface area contributed by atoms with Gasteiger partial charge in [0.05, 0.1) is 11.4 Å². The van der Waals surface area contributed by atoms with Gasteiger partial charge in [0.25, 0.3) is 0 Å². The molecule has 0 aliphatic carbocycles. The first-order valence-corrected chi connectivity index (χ1v) is 8.89. The first-order chi connectivity index (χ1) is 13.0. The first-order valence-electron chi connectivity index (χ1n) is 8.38. The van der Waals surface area contributed by atoms with Crippen LogP contribution >= 0.6 is 12.6 Å². The Morgan fingerprint density at radius 3 is 2.29 bits per heavy atom. The molecule has 1 aromatic rings. The number of nitrogens with zero attached hydrogens (tertiary/aromatic N) is 4. The van der Waals surface area contributed by atoms with E-state index in [4.69, 9.17) is 0 Å². The molecule has 2 heterocycles. The fourth-order valence-electron chi connectivity index (χ4n) is 3.07. The lowest BCUT2D eigenvalue weighted by atomic mass is 10.1. The zero-order valence-corrected chi connectivity index (χ0v) is 16.2. The first kappa shape index (κ1) is 20.4. The molecule has 1 N–H and O–H groups in total. The highest BCUT2D eigenvalue weighted by Gasteiger charge is 2.51. The topological polar surface area (TPSA) is 76.6 Å². The van der Waals surface area contributed by atoms with Crippen LogP contribution in [0.15, 0.2) is 12.1 Å². The van der Waals surface area contributed by atoms with E-state index in [-0.39, 0.29) is 12.2 Å². The molecule has 1 aromatic carbocycles. The lowest BCUT2D eigenvalue weighted by Crippen LogP contribution is -2.62. The second kappa shape index (κ2) is 6.92. The average molecular weight is 420 g/mol. The number of aliphatic hydroxyl groups is 1. The summed E-state index contributed by atoms with van der Waals surface area (Å²) in [5, 5.41) is 9.95. The zero-order chi connectivity index (χ0) is 21.0. The molecule has 0 radical (unpaired) electrons. The van der Waals surface area contributed by atoms with Crippen LogP contribution in [0.3, 0.4) is 0 Å². The molecule has 0 spiro atoms. The van der Waals surface area contributed by atoms with E-state index in [0.29, 0.717) is 17.4 Å². The van der Waals surface area contributed by atoms with Gasteiger partial charge >= 0.3 is 18.2 Å². The number of amides is 4. The molecule has 0 bridgehead atoms. The Balaban J connectivity index is 2.12. The van der Waals surface area contributed by atoms with Crippen molar-refractivity contribution in [1.29, 1.82) is 0 Å². The summed E-state index contributed by atoms with van der Waals surface area (Å²) in [5.74, 6) is -1.61. The second-order valence-electron chi connectivity index (χ2n) is 6.47. The van der Waals surface area contributed by atoms with Crippen LogP contribution in [0.5, 0.6) is 5.75 Å². The Labute approximate surface area is 164 Å². The predicted octanol–water partition coefficient (Wildman–Crippen LogP) is 2.48. The van der Waals surface area contributed by atoms with Crippen molar-refractivity contribution in [3.05, 3.63) is 17.9 Å². The highest BCUT2D eigenvalue weighted by atomic mass is 32.1. The minimum Gasteiger partial charge on any atom is -0.427 e. The van der Waals surface area contributed by atoms with Crippen molar-refractivity contribution in [3.8, 4) is 5.75 Å². The molecule has 3 rings (SSSR count). The second-order valence-corrected chi connectivity index (χ2v) is 6.93. The number of thiol groups is 1. The van der Waals surface area contributed by atoms with E-state index < -0.39 is 47.2 Å². The molecule has 8 nitrogen and oxygen atoms in total. The third-order valence-electron chi connectivity index (χ3n) is 4.56. The normalized spacial score (nSPS) is 22.5. The monoisotopic (exact) mass is 420 g/mol. The van der Waals surface area contributed by atoms with Crippen LogP contribution in [0.4, 0.5) is 34.1 Å². The Kier molecular flexibility index (Phi) is 5.04. The van der Waals surface area contributed by atoms with Gasteiger partial charge in [0.15, 0.2) is 17.1 Å². The van der Waals surface area contributed by atoms with E-state index in [9.17, 15) is 27.9 Å². The molecule has 28 heavy (non-hydrogen) atoms. The molecule has 4 amide bonds. The fraction of sp³-hybridized carbons (Fsp3) is 0.500. The highest BCUT2D eigenvalue weighted by Crippen LogP contribution is 2.45. The summed E-state index contributed by atoms with van der Waals surface area (Å²) in [6, 6.07) is 0.0217. The van der Waals surface area contributed by atoms with Crippen molar-refractivity contribution in [2.24, 2.45) is 0 Å². The largest absolute Gasteiger partial charge is 0.444 e. The molecular formula is C16H19F3N4O4S. The number of benzene rings is 1. The number of carbonyl (C=O) groups excluding carboxylic acids is 2. The van der Waals surface area contributed by atoms with Gasteiger partial charge in [-0.05, 0) is 12.5 Å². The molecular weight excluding hydrogens is 401 g/mol. The van der Waals surface area contributed by atoms with E-state index in [1.807, 2.05) is 0 Å². The maximum absolute atomic E-state index is 14.7. The van der Waals surface area contributed by atoms with Crippen molar-refractivity contribution >= 4 is 36.1 Å². The third-order valence-corrected chi connectivity index (χ3v) is 5.26. The molecule has 1 unspecified atom stereocenters. The lowest BCUT2D eigenvalue weighted by molar-refractivity contribution is -0.245. The number of alkyl halides is 2. The van der Waals surface area contributed by atoms with Crippen molar-refractivity contribution < 1.29 is 32.6 Å². The van der Waals surface area contributed by atoms with E-state index >= 15 is 0 Å². The standard InChI is InChI=1S/C16H19F3N4O4S/c1-4-5-22-10-7-9(8(17)6-11(10)27-16(18,19)12(22)24)23-13(25)20(2)15(28)21(3)14(23)26/h6-7,12,15,24,28H,4-5H2,1-3H3. The van der Waals surface area contributed by atoms with Gasteiger partial charge < -0.3 is 14.7 Å². The molecule has 154 valence electrons. The summed E-state index contributed by atoms with van der Waals surface area (Å²) in [6.07, 6.45) is -5.86. The number of anilines is 2. The summed E-state index contributed by atoms with van der Waals surface area (Å²) in [6.45, 7) is 1.72. The number of urea groups is 2. The Morgan fingerprint density at radius 1 is 1.18 bits per heavy atom. The van der Waals surface area contributed by atoms with Crippen LogP contribution in [-0.4, -0.2) is 65.4 Å². The van der Waals surface area contributed by atoms with Crippen LogP contribution in [0.25, 0.3) is 0 Å². The SMILES string of the molecule is CCCN1c2cc(N3C(=O)N(C)C(S)N(C)C3=O)c(F)cc2OC(F)(F)C1O. The van der Waals surface area contributed by atoms with Gasteiger partial charge in [0.1, 0.15) is 0 Å². The summed E-state index contributed by atoms with van der Waals surface area (Å²) in [4.78, 5) is 28.8. The number of halogens is 3. The van der Waals surface area contributed by atoms with Crippen LogP contribution in [0.2, 0.25) is 0 Å². The molecule has 12 heteroatoms. The van der Waals surface area contributed by atoms with Gasteiger partial charge in [-0.1, -0.05) is 6.92 Å². The van der Waals surface area contributed by atoms with E-state index in [0.717, 1.165) is 20.8 Å². The zero-order valence-electron chi connectivity index (χ0n) is 15.3. The van der Waals surface area contributed by atoms with Crippen LogP contribution in [-0.2, 0) is 0 Å². The van der Waals surface area contributed by atoms with Crippen LogP contribution < -0.4 is 14.5 Å². The highest BCUT2D eigenvalue weighted by molar-refractivity contribution is 7.80. The summed E-state index contributed by atoms with van der Waals surface area (Å²) < 4.78 is 47.0. The van der Waals surface area contributed by atoms with Gasteiger partial charge in [-0.25, -0.2) is 18.9 Å². The Hall–Kier alpha value is -2.34. The van der Waals surface area contributed by atoms with Crippen molar-refractivity contribution in [3.63, 3.8) is 0 Å². The minimum atomic E-state index is -3.95. The smallest absolute Gasteiger partial charge is 0.427 e. The number of carbonyl (C=O) groups is 2. The van der Waals surface area contributed by atoms with Gasteiger partial charge in [0.2, 0.25) is 6.23 Å². The third kappa shape index (κ3) is 3.00. The maximum Gasteiger partial charge on any atom is 0.444 e. The summed E-state index contributed by atoms with van der Waals surface area (Å²) >= 11 is 4.15. The molecule has 1 fully saturated rings. The fourth-order valence-corrected chi connectivity index (χ4v) is 3.26. The number of ether oxygens (including phenoxy) is 1. The number of imide groups is 1. The molecule has 0 saturated carbocycles. The number of fused-ring (bicyclic) bond motifs is 1. The molecule has 2 aliphatic heterocycles. The predicted molar refractivity (Wildman–Crippen MR) is 97.2 cm³/mol. The molecule has 0 aromatic heterocycles. The molecule has 1 saturated heterocycles. The van der Waals surface area contributed by atoms with Crippen LogP contribution in [0, 0.1) is 5.82 Å². The maximum atomic E-state index is 14.7. The summed E-state index contributed by atoms with van der Waals surface area (Å²) in [5.41, 5.74) is -1.36. The summed E-state index contributed by atoms with van der Waals surface area (Å²) in [7, 11) is 2.76. The van der Waals surface area contributed by atoms with Crippen molar-refractivity contribution in [2.75, 3.05) is 30.4 Å².